The summed E-state index contributed by atoms with van der Waals surface area (Å²) in [7, 11) is 1.57. The Labute approximate surface area is 143 Å². The molecule has 0 N–H and O–H groups in total. The van der Waals surface area contributed by atoms with E-state index in [0.29, 0.717) is 27.4 Å². The number of nitrogens with zero attached hydrogens (tertiary/aromatic N) is 2. The average molecular weight is 340 g/mol. The molecule has 0 amide bonds. The number of hydrogen-bond donors (Lipinski definition) is 0. The normalized spacial score (nSPS) is 10.8. The van der Waals surface area contributed by atoms with E-state index in [2.05, 4.69) is 4.98 Å². The van der Waals surface area contributed by atoms with E-state index in [0.717, 1.165) is 0 Å². The highest BCUT2D eigenvalue weighted by Gasteiger charge is 2.14. The van der Waals surface area contributed by atoms with Crippen LogP contribution in [0.4, 0.5) is 0 Å². The smallest absolute Gasteiger partial charge is 0.262 e. The number of carbonyl (C=O) groups is 1. The molecule has 5 nitrogen and oxygen atoms in total. The molecular formula is C18H16N2O3S. The zero-order valence-corrected chi connectivity index (χ0v) is 14.2. The maximum atomic E-state index is 12.7. The Morgan fingerprint density at radius 1 is 1.17 bits per heavy atom. The molecule has 0 aliphatic rings. The summed E-state index contributed by atoms with van der Waals surface area (Å²) in [5, 5.41) is 1.04. The number of hydrogen-bond acceptors (Lipinski definition) is 5. The molecule has 0 spiro atoms. The first-order chi connectivity index (χ1) is 11.6. The van der Waals surface area contributed by atoms with Crippen molar-refractivity contribution in [2.45, 2.75) is 11.7 Å². The van der Waals surface area contributed by atoms with Crippen LogP contribution in [0.25, 0.3) is 10.9 Å². The van der Waals surface area contributed by atoms with Crippen LogP contribution in [0.2, 0.25) is 0 Å². The van der Waals surface area contributed by atoms with E-state index in [9.17, 15) is 9.59 Å². The minimum atomic E-state index is -0.202. The third-order valence-corrected chi connectivity index (χ3v) is 4.40. The number of thioether (sulfide) groups is 1. The van der Waals surface area contributed by atoms with E-state index in [1.165, 1.54) is 16.3 Å². The van der Waals surface area contributed by atoms with E-state index in [4.69, 9.17) is 4.74 Å². The SMILES string of the molecule is COc1ccc(C(=O)Cn2c(SC)nc3ccccc3c2=O)cc1. The Hall–Kier alpha value is -2.60. The highest BCUT2D eigenvalue weighted by molar-refractivity contribution is 7.98. The number of rotatable bonds is 5. The molecule has 0 atom stereocenters. The fourth-order valence-corrected chi connectivity index (χ4v) is 3.01. The second-order valence-electron chi connectivity index (χ2n) is 5.16. The monoisotopic (exact) mass is 340 g/mol. The van der Waals surface area contributed by atoms with Gasteiger partial charge in [0.2, 0.25) is 0 Å². The second kappa shape index (κ2) is 6.88. The predicted octanol–water partition coefficient (Wildman–Crippen LogP) is 3.01. The van der Waals surface area contributed by atoms with Crippen LogP contribution >= 0.6 is 11.8 Å². The van der Waals surface area contributed by atoms with Gasteiger partial charge in [0, 0.05) is 5.56 Å². The maximum Gasteiger partial charge on any atom is 0.262 e. The van der Waals surface area contributed by atoms with Crippen molar-refractivity contribution in [2.24, 2.45) is 0 Å². The largest absolute Gasteiger partial charge is 0.497 e. The molecule has 1 aromatic heterocycles. The molecular weight excluding hydrogens is 324 g/mol. The fourth-order valence-electron chi connectivity index (χ4n) is 2.45. The number of methoxy groups -OCH3 is 1. The van der Waals surface area contributed by atoms with Gasteiger partial charge in [0.25, 0.3) is 5.56 Å². The maximum absolute atomic E-state index is 12.7. The molecule has 0 aliphatic heterocycles. The first-order valence-corrected chi connectivity index (χ1v) is 8.57. The van der Waals surface area contributed by atoms with Crippen molar-refractivity contribution in [1.82, 2.24) is 9.55 Å². The molecule has 3 aromatic rings. The summed E-state index contributed by atoms with van der Waals surface area (Å²) < 4.78 is 6.52. The fraction of sp³-hybridized carbons (Fsp3) is 0.167. The molecule has 0 unspecified atom stereocenters. The molecule has 6 heteroatoms. The molecule has 0 saturated heterocycles. The Morgan fingerprint density at radius 2 is 1.88 bits per heavy atom. The molecule has 2 aromatic carbocycles. The van der Waals surface area contributed by atoms with Gasteiger partial charge in [0.05, 0.1) is 24.6 Å². The predicted molar refractivity (Wildman–Crippen MR) is 95.1 cm³/mol. The minimum absolute atomic E-state index is 0.0425. The van der Waals surface area contributed by atoms with Gasteiger partial charge in [-0.05, 0) is 42.7 Å². The highest BCUT2D eigenvalue weighted by atomic mass is 32.2. The zero-order valence-electron chi connectivity index (χ0n) is 13.4. The third kappa shape index (κ3) is 3.05. The summed E-state index contributed by atoms with van der Waals surface area (Å²) in [5.74, 6) is 0.535. The first kappa shape index (κ1) is 16.3. The summed E-state index contributed by atoms with van der Waals surface area (Å²) in [6, 6.07) is 14.0. The Balaban J connectivity index is 2.00. The van der Waals surface area contributed by atoms with Gasteiger partial charge in [-0.15, -0.1) is 0 Å². The molecule has 3 rings (SSSR count). The number of benzene rings is 2. The Bertz CT molecular complexity index is 949. The van der Waals surface area contributed by atoms with Gasteiger partial charge < -0.3 is 4.74 Å². The van der Waals surface area contributed by atoms with E-state index in [1.807, 2.05) is 12.3 Å². The number of para-hydroxylation sites is 1. The molecule has 0 saturated carbocycles. The highest BCUT2D eigenvalue weighted by Crippen LogP contribution is 2.17. The number of carbonyl (C=O) groups excluding carboxylic acids is 1. The van der Waals surface area contributed by atoms with Gasteiger partial charge in [0.15, 0.2) is 10.9 Å². The lowest BCUT2D eigenvalue weighted by molar-refractivity contribution is 0.0967. The van der Waals surface area contributed by atoms with Crippen LogP contribution in [-0.2, 0) is 6.54 Å². The lowest BCUT2D eigenvalue weighted by atomic mass is 10.1. The van der Waals surface area contributed by atoms with Gasteiger partial charge in [-0.1, -0.05) is 23.9 Å². The molecule has 1 heterocycles. The van der Waals surface area contributed by atoms with Crippen molar-refractivity contribution in [1.29, 1.82) is 0 Å². The molecule has 0 bridgehead atoms. The van der Waals surface area contributed by atoms with E-state index in [1.54, 1.807) is 49.6 Å². The lowest BCUT2D eigenvalue weighted by Crippen LogP contribution is -2.27. The van der Waals surface area contributed by atoms with E-state index >= 15 is 0 Å². The van der Waals surface area contributed by atoms with Crippen molar-refractivity contribution in [3.05, 3.63) is 64.4 Å². The van der Waals surface area contributed by atoms with Crippen molar-refractivity contribution < 1.29 is 9.53 Å². The number of ether oxygens (including phenoxy) is 1. The van der Waals surface area contributed by atoms with Crippen LogP contribution in [0.1, 0.15) is 10.4 Å². The van der Waals surface area contributed by atoms with Crippen molar-refractivity contribution in [3.8, 4) is 5.75 Å². The van der Waals surface area contributed by atoms with Gasteiger partial charge in [-0.25, -0.2) is 4.98 Å². The topological polar surface area (TPSA) is 61.2 Å². The molecule has 24 heavy (non-hydrogen) atoms. The van der Waals surface area contributed by atoms with Crippen LogP contribution in [0, 0.1) is 0 Å². The van der Waals surface area contributed by atoms with Crippen molar-refractivity contribution in [2.75, 3.05) is 13.4 Å². The summed E-state index contributed by atoms with van der Waals surface area (Å²) in [6.45, 7) is -0.0425. The van der Waals surface area contributed by atoms with Gasteiger partial charge in [-0.3, -0.25) is 14.2 Å². The van der Waals surface area contributed by atoms with Crippen LogP contribution in [0.3, 0.4) is 0 Å². The molecule has 0 fully saturated rings. The van der Waals surface area contributed by atoms with Gasteiger partial charge >= 0.3 is 0 Å². The lowest BCUT2D eigenvalue weighted by Gasteiger charge is -2.11. The standard InChI is InChI=1S/C18H16N2O3S/c1-23-13-9-7-12(8-10-13)16(21)11-20-17(22)14-5-3-4-6-15(14)19-18(20)24-2/h3-10H,11H2,1-2H3. The summed E-state index contributed by atoms with van der Waals surface area (Å²) in [4.78, 5) is 29.7. The van der Waals surface area contributed by atoms with Crippen molar-refractivity contribution >= 4 is 28.4 Å². The van der Waals surface area contributed by atoms with Gasteiger partial charge in [-0.2, -0.15) is 0 Å². The minimum Gasteiger partial charge on any atom is -0.497 e. The van der Waals surface area contributed by atoms with Crippen LogP contribution in [-0.4, -0.2) is 28.7 Å². The summed E-state index contributed by atoms with van der Waals surface area (Å²) in [5.41, 5.74) is 0.967. The van der Waals surface area contributed by atoms with Crippen LogP contribution in [0.5, 0.6) is 5.75 Å². The first-order valence-electron chi connectivity index (χ1n) is 7.35. The molecule has 0 radical (unpaired) electrons. The Kier molecular flexibility index (Phi) is 4.66. The number of ketones is 1. The number of aromatic nitrogens is 2. The summed E-state index contributed by atoms with van der Waals surface area (Å²) >= 11 is 1.35. The number of Topliss-reactive ketones (excluding diaryl/α,β-unsaturated/α-hetero) is 1. The molecule has 0 aliphatic carbocycles. The quantitative estimate of drug-likeness (QED) is 0.406. The van der Waals surface area contributed by atoms with Crippen LogP contribution < -0.4 is 10.3 Å². The second-order valence-corrected chi connectivity index (χ2v) is 5.93. The number of fused-ring (bicyclic) bond motifs is 1. The Morgan fingerprint density at radius 3 is 2.54 bits per heavy atom. The average Bonchev–Trinajstić information content (AvgIpc) is 2.63. The third-order valence-electron chi connectivity index (χ3n) is 3.72. The summed E-state index contributed by atoms with van der Waals surface area (Å²) in [6.07, 6.45) is 1.84. The van der Waals surface area contributed by atoms with Crippen molar-refractivity contribution in [3.63, 3.8) is 0 Å². The van der Waals surface area contributed by atoms with Gasteiger partial charge in [0.1, 0.15) is 5.75 Å². The molecule has 122 valence electrons. The zero-order chi connectivity index (χ0) is 17.1. The van der Waals surface area contributed by atoms with E-state index < -0.39 is 0 Å². The van der Waals surface area contributed by atoms with Crippen LogP contribution in [0.15, 0.2) is 58.5 Å². The van der Waals surface area contributed by atoms with E-state index in [-0.39, 0.29) is 17.9 Å².